The first-order valence-corrected chi connectivity index (χ1v) is 12.6. The van der Waals surface area contributed by atoms with Crippen molar-refractivity contribution in [2.75, 3.05) is 26.9 Å². The molecule has 152 valence electrons. The van der Waals surface area contributed by atoms with Gasteiger partial charge < -0.3 is 13.9 Å². The number of rotatable bonds is 12. The highest BCUT2D eigenvalue weighted by atomic mass is 28.4. The average Bonchev–Trinajstić information content (AvgIpc) is 2.55. The maximum atomic E-state index is 12.7. The Balaban J connectivity index is 4.97. The van der Waals surface area contributed by atoms with Crippen LogP contribution in [0.15, 0.2) is 23.0 Å². The van der Waals surface area contributed by atoms with Crippen LogP contribution in [0.4, 0.5) is 0 Å². The molecule has 0 saturated carbocycles. The molecule has 0 aromatic heterocycles. The third-order valence-corrected chi connectivity index (χ3v) is 9.58. The molecule has 0 aliphatic carbocycles. The molecule has 0 rings (SSSR count). The van der Waals surface area contributed by atoms with Crippen molar-refractivity contribution in [1.29, 1.82) is 0 Å². The minimum atomic E-state index is -1.80. The second-order valence-corrected chi connectivity index (χ2v) is 13.0. The second-order valence-electron chi connectivity index (χ2n) is 8.22. The van der Waals surface area contributed by atoms with Crippen molar-refractivity contribution in [3.63, 3.8) is 0 Å². The molecule has 0 radical (unpaired) electrons. The van der Waals surface area contributed by atoms with Crippen LogP contribution >= 0.6 is 0 Å². The largest absolute Gasteiger partial charge is 0.498 e. The second kappa shape index (κ2) is 11.7. The van der Waals surface area contributed by atoms with E-state index in [0.29, 0.717) is 18.8 Å². The van der Waals surface area contributed by atoms with Crippen molar-refractivity contribution < 1.29 is 18.7 Å². The third kappa shape index (κ3) is 8.65. The molecule has 0 bridgehead atoms. The molecule has 0 amide bonds. The summed E-state index contributed by atoms with van der Waals surface area (Å²) in [5.41, 5.74) is 1.42. The van der Waals surface area contributed by atoms with Gasteiger partial charge in [0.05, 0.1) is 13.2 Å². The minimum Gasteiger partial charge on any atom is -0.498 e. The number of hydrogen-bond acceptors (Lipinski definition) is 4. The van der Waals surface area contributed by atoms with E-state index < -0.39 is 8.32 Å². The smallest absolute Gasteiger partial charge is 0.192 e. The lowest BCUT2D eigenvalue weighted by Gasteiger charge is -2.35. The molecule has 0 aromatic carbocycles. The van der Waals surface area contributed by atoms with Crippen molar-refractivity contribution in [1.82, 2.24) is 0 Å². The topological polar surface area (TPSA) is 44.8 Å². The molecule has 0 spiro atoms. The van der Waals surface area contributed by atoms with Crippen LogP contribution in [0.3, 0.4) is 0 Å². The summed E-state index contributed by atoms with van der Waals surface area (Å²) < 4.78 is 17.0. The number of carbonyl (C=O) groups excluding carboxylic acids is 1. The number of ketones is 1. The van der Waals surface area contributed by atoms with Crippen LogP contribution in [0.1, 0.15) is 60.8 Å². The fourth-order valence-corrected chi connectivity index (χ4v) is 3.11. The summed E-state index contributed by atoms with van der Waals surface area (Å²) in [4.78, 5) is 12.7. The first kappa shape index (κ1) is 25.1. The summed E-state index contributed by atoms with van der Waals surface area (Å²) in [6.45, 7) is 18.5. The van der Waals surface area contributed by atoms with Crippen molar-refractivity contribution >= 4 is 14.1 Å². The first-order chi connectivity index (χ1) is 12.0. The van der Waals surface area contributed by atoms with Crippen LogP contribution in [0.5, 0.6) is 0 Å². The first-order valence-electron chi connectivity index (χ1n) is 9.64. The fourth-order valence-electron chi connectivity index (χ4n) is 2.18. The van der Waals surface area contributed by atoms with Crippen molar-refractivity contribution in [2.45, 2.75) is 78.9 Å². The van der Waals surface area contributed by atoms with E-state index in [1.54, 1.807) is 7.11 Å². The van der Waals surface area contributed by atoms with Gasteiger partial charge in [-0.15, -0.1) is 0 Å². The lowest BCUT2D eigenvalue weighted by molar-refractivity contribution is -0.112. The van der Waals surface area contributed by atoms with E-state index >= 15 is 0 Å². The Morgan fingerprint density at radius 3 is 2.23 bits per heavy atom. The van der Waals surface area contributed by atoms with Gasteiger partial charge in [-0.1, -0.05) is 26.8 Å². The van der Waals surface area contributed by atoms with Gasteiger partial charge in [0.1, 0.15) is 5.76 Å². The number of methoxy groups -OCH3 is 1. The number of unbranched alkanes of at least 4 members (excludes halogenated alkanes) is 1. The molecule has 0 fully saturated rings. The van der Waals surface area contributed by atoms with Gasteiger partial charge in [0, 0.05) is 25.7 Å². The van der Waals surface area contributed by atoms with Gasteiger partial charge in [-0.3, -0.25) is 4.79 Å². The summed E-state index contributed by atoms with van der Waals surface area (Å²) in [6, 6.07) is 0. The molecule has 5 heteroatoms. The third-order valence-electron chi connectivity index (χ3n) is 5.08. The highest BCUT2D eigenvalue weighted by molar-refractivity contribution is 6.74. The Bertz CT molecular complexity index is 499. The van der Waals surface area contributed by atoms with E-state index in [9.17, 15) is 4.79 Å². The van der Waals surface area contributed by atoms with E-state index in [1.165, 1.54) is 0 Å². The predicted molar refractivity (Wildman–Crippen MR) is 112 cm³/mol. The van der Waals surface area contributed by atoms with Gasteiger partial charge in [-0.05, 0) is 57.3 Å². The number of carbonyl (C=O) groups is 1. The lowest BCUT2D eigenvalue weighted by atomic mass is 10.0. The molecule has 0 atom stereocenters. The molecular formula is C21H40O4Si. The maximum absolute atomic E-state index is 12.7. The van der Waals surface area contributed by atoms with Crippen LogP contribution < -0.4 is 0 Å². The van der Waals surface area contributed by atoms with Crippen LogP contribution in [0.25, 0.3) is 0 Å². The normalized spacial score (nSPS) is 14.3. The molecular weight excluding hydrogens is 344 g/mol. The van der Waals surface area contributed by atoms with Gasteiger partial charge in [0.2, 0.25) is 0 Å². The van der Waals surface area contributed by atoms with Crippen molar-refractivity contribution in [2.24, 2.45) is 0 Å². The van der Waals surface area contributed by atoms with Crippen molar-refractivity contribution in [3.8, 4) is 0 Å². The van der Waals surface area contributed by atoms with Crippen LogP contribution in [0, 0.1) is 0 Å². The number of hydrogen-bond donors (Lipinski definition) is 0. The van der Waals surface area contributed by atoms with Crippen LogP contribution in [0.2, 0.25) is 18.1 Å². The highest BCUT2D eigenvalue weighted by Crippen LogP contribution is 2.36. The SMILES string of the molecule is CCO/C(CCCCOC)=C(/C)C(=O)/C(C)=C/CO[Si](C)(C)C(C)(C)C. The lowest BCUT2D eigenvalue weighted by Crippen LogP contribution is -2.40. The van der Waals surface area contributed by atoms with Gasteiger partial charge in [0.25, 0.3) is 0 Å². The number of Topliss-reactive ketones (excluding diaryl/α,β-unsaturated/α-hetero) is 1. The molecule has 0 aromatic rings. The van der Waals surface area contributed by atoms with E-state index in [-0.39, 0.29) is 10.8 Å². The standard InChI is InChI=1S/C21H40O4Si/c1-10-24-19(13-11-12-15-23-7)18(3)20(22)17(2)14-16-25-26(8,9)21(4,5)6/h14H,10-13,15-16H2,1-9H3/b17-14+,19-18-. The molecule has 26 heavy (non-hydrogen) atoms. The van der Waals surface area contributed by atoms with Gasteiger partial charge in [-0.2, -0.15) is 0 Å². The molecule has 0 heterocycles. The quantitative estimate of drug-likeness (QED) is 0.189. The summed E-state index contributed by atoms with van der Waals surface area (Å²) in [6.07, 6.45) is 4.58. The van der Waals surface area contributed by atoms with Crippen LogP contribution in [-0.2, 0) is 18.7 Å². The average molecular weight is 385 g/mol. The minimum absolute atomic E-state index is 0.0408. The summed E-state index contributed by atoms with van der Waals surface area (Å²) in [7, 11) is -0.0957. The molecule has 0 N–H and O–H groups in total. The maximum Gasteiger partial charge on any atom is 0.192 e. The monoisotopic (exact) mass is 384 g/mol. The Morgan fingerprint density at radius 1 is 1.12 bits per heavy atom. The van der Waals surface area contributed by atoms with E-state index in [2.05, 4.69) is 33.9 Å². The Hall–Kier alpha value is -0.913. The Labute approximate surface area is 162 Å². The zero-order chi connectivity index (χ0) is 20.4. The van der Waals surface area contributed by atoms with Gasteiger partial charge in [-0.25, -0.2) is 0 Å². The van der Waals surface area contributed by atoms with E-state index in [0.717, 1.165) is 37.2 Å². The van der Waals surface area contributed by atoms with Gasteiger partial charge in [0.15, 0.2) is 14.1 Å². The number of ether oxygens (including phenoxy) is 2. The highest BCUT2D eigenvalue weighted by Gasteiger charge is 2.36. The molecule has 0 saturated heterocycles. The van der Waals surface area contributed by atoms with E-state index in [4.69, 9.17) is 13.9 Å². The Morgan fingerprint density at radius 2 is 1.73 bits per heavy atom. The zero-order valence-corrected chi connectivity index (χ0v) is 19.5. The molecule has 0 unspecified atom stereocenters. The number of allylic oxidation sites excluding steroid dienone is 3. The fraction of sp³-hybridized carbons (Fsp3) is 0.762. The predicted octanol–water partition coefficient (Wildman–Crippen LogP) is 5.65. The van der Waals surface area contributed by atoms with Crippen LogP contribution in [-0.4, -0.2) is 41.0 Å². The van der Waals surface area contributed by atoms with Crippen molar-refractivity contribution in [3.05, 3.63) is 23.0 Å². The summed E-state index contributed by atoms with van der Waals surface area (Å²) in [5, 5.41) is 0.166. The zero-order valence-electron chi connectivity index (χ0n) is 18.5. The molecule has 0 aliphatic heterocycles. The Kier molecular flexibility index (Phi) is 11.3. The molecule has 0 aliphatic rings. The summed E-state index contributed by atoms with van der Waals surface area (Å²) >= 11 is 0. The van der Waals surface area contributed by atoms with E-state index in [1.807, 2.05) is 26.8 Å². The summed E-state index contributed by atoms with van der Waals surface area (Å²) in [5.74, 6) is 0.839. The molecule has 4 nitrogen and oxygen atoms in total. The van der Waals surface area contributed by atoms with Gasteiger partial charge >= 0.3 is 0 Å².